The molecule has 0 aromatic rings. The summed E-state index contributed by atoms with van der Waals surface area (Å²) in [5, 5.41) is 3.66. The molecule has 1 aliphatic rings. The first-order valence-electron chi connectivity index (χ1n) is 4.50. The average Bonchev–Trinajstić information content (AvgIpc) is 2.52. The molecule has 0 bridgehead atoms. The van der Waals surface area contributed by atoms with E-state index >= 15 is 0 Å². The van der Waals surface area contributed by atoms with Crippen molar-refractivity contribution in [2.75, 3.05) is 13.1 Å². The molecule has 0 spiro atoms. The van der Waals surface area contributed by atoms with E-state index in [4.69, 9.17) is 18.0 Å². The fourth-order valence-electron chi connectivity index (χ4n) is 1.56. The molecule has 0 radical (unpaired) electrons. The predicted molar refractivity (Wildman–Crippen MR) is 55.2 cm³/mol. The third-order valence-electron chi connectivity index (χ3n) is 2.17. The normalized spacial score (nSPS) is 21.6. The molecule has 1 atom stereocenters. The first kappa shape index (κ1) is 10.2. The van der Waals surface area contributed by atoms with Crippen LogP contribution in [0.1, 0.15) is 19.8 Å². The van der Waals surface area contributed by atoms with E-state index in [1.807, 2.05) is 11.8 Å². The van der Waals surface area contributed by atoms with Crippen molar-refractivity contribution in [3.63, 3.8) is 0 Å². The summed E-state index contributed by atoms with van der Waals surface area (Å²) in [5.41, 5.74) is 5.25. The average molecular weight is 201 g/mol. The van der Waals surface area contributed by atoms with Gasteiger partial charge in [0.25, 0.3) is 0 Å². The van der Waals surface area contributed by atoms with Gasteiger partial charge in [0.2, 0.25) is 5.91 Å². The Kier molecular flexibility index (Phi) is 3.48. The Hall–Kier alpha value is -0.840. The Bertz CT molecular complexity index is 219. The van der Waals surface area contributed by atoms with Gasteiger partial charge in [-0.3, -0.25) is 4.79 Å². The number of primary amides is 1. The number of hydrogen-bond donors (Lipinski definition) is 2. The Morgan fingerprint density at radius 2 is 2.46 bits per heavy atom. The number of carbonyl (C=O) groups excluding carboxylic acids is 1. The highest BCUT2D eigenvalue weighted by Crippen LogP contribution is 2.16. The second-order valence-corrected chi connectivity index (χ2v) is 3.48. The zero-order chi connectivity index (χ0) is 9.84. The summed E-state index contributed by atoms with van der Waals surface area (Å²) in [6, 6.07) is -0.202. The minimum absolute atomic E-state index is 0.202. The van der Waals surface area contributed by atoms with Crippen LogP contribution >= 0.6 is 12.2 Å². The number of hydrogen-bond acceptors (Lipinski definition) is 2. The van der Waals surface area contributed by atoms with Gasteiger partial charge in [-0.05, 0) is 32.0 Å². The minimum Gasteiger partial charge on any atom is -0.368 e. The van der Waals surface area contributed by atoms with Crippen LogP contribution in [0.3, 0.4) is 0 Å². The lowest BCUT2D eigenvalue weighted by atomic mass is 10.2. The van der Waals surface area contributed by atoms with E-state index in [0.29, 0.717) is 5.11 Å². The first-order valence-corrected chi connectivity index (χ1v) is 4.91. The molecule has 0 aliphatic carbocycles. The zero-order valence-corrected chi connectivity index (χ0v) is 8.56. The molecular weight excluding hydrogens is 186 g/mol. The maximum atomic E-state index is 11.0. The smallest absolute Gasteiger partial charge is 0.240 e. The van der Waals surface area contributed by atoms with Gasteiger partial charge in [0.05, 0.1) is 0 Å². The van der Waals surface area contributed by atoms with Crippen LogP contribution in [0.2, 0.25) is 0 Å². The van der Waals surface area contributed by atoms with E-state index < -0.39 is 0 Å². The Balaban J connectivity index is 2.57. The topological polar surface area (TPSA) is 58.4 Å². The van der Waals surface area contributed by atoms with Crippen LogP contribution in [0.4, 0.5) is 0 Å². The van der Waals surface area contributed by atoms with Crippen molar-refractivity contribution >= 4 is 23.2 Å². The lowest BCUT2D eigenvalue weighted by Crippen LogP contribution is -2.47. The standard InChI is InChI=1S/C8H15N3OS/c1-2-10-8(13)11-5-3-4-6(11)7(9)12/h6H,2-5H2,1H3,(H2,9,12)(H,10,13). The van der Waals surface area contributed by atoms with Crippen LogP contribution in [0.25, 0.3) is 0 Å². The Morgan fingerprint density at radius 3 is 3.00 bits per heavy atom. The van der Waals surface area contributed by atoms with Crippen molar-refractivity contribution < 1.29 is 4.79 Å². The molecule has 1 rings (SSSR count). The maximum absolute atomic E-state index is 11.0. The third kappa shape index (κ3) is 2.30. The number of thiocarbonyl (C=S) groups is 1. The van der Waals surface area contributed by atoms with Crippen molar-refractivity contribution in [3.8, 4) is 0 Å². The number of nitrogens with one attached hydrogen (secondary N) is 1. The molecule has 0 aromatic heterocycles. The van der Waals surface area contributed by atoms with Crippen LogP contribution in [-0.2, 0) is 4.79 Å². The fourth-order valence-corrected chi connectivity index (χ4v) is 1.92. The summed E-state index contributed by atoms with van der Waals surface area (Å²) in [4.78, 5) is 12.9. The van der Waals surface area contributed by atoms with Crippen molar-refractivity contribution in [1.29, 1.82) is 0 Å². The van der Waals surface area contributed by atoms with Gasteiger partial charge in [0.15, 0.2) is 5.11 Å². The molecule has 1 fully saturated rings. The summed E-state index contributed by atoms with van der Waals surface area (Å²) in [6.07, 6.45) is 1.81. The predicted octanol–water partition coefficient (Wildman–Crippen LogP) is -0.169. The number of rotatable bonds is 2. The Morgan fingerprint density at radius 1 is 1.77 bits per heavy atom. The first-order chi connectivity index (χ1) is 6.16. The SMILES string of the molecule is CCNC(=S)N1CCCC1C(N)=O. The number of nitrogens with zero attached hydrogens (tertiary/aromatic N) is 1. The van der Waals surface area contributed by atoms with E-state index in [-0.39, 0.29) is 11.9 Å². The van der Waals surface area contributed by atoms with E-state index in [9.17, 15) is 4.79 Å². The zero-order valence-electron chi connectivity index (χ0n) is 7.75. The van der Waals surface area contributed by atoms with Crippen LogP contribution in [0.5, 0.6) is 0 Å². The Labute approximate surface area is 83.5 Å². The lowest BCUT2D eigenvalue weighted by molar-refractivity contribution is -0.121. The van der Waals surface area contributed by atoms with Gasteiger partial charge in [0.1, 0.15) is 6.04 Å². The number of amides is 1. The molecule has 0 aromatic carbocycles. The van der Waals surface area contributed by atoms with Crippen molar-refractivity contribution in [2.45, 2.75) is 25.8 Å². The molecule has 74 valence electrons. The largest absolute Gasteiger partial charge is 0.368 e. The fraction of sp³-hybridized carbons (Fsp3) is 0.750. The summed E-state index contributed by atoms with van der Waals surface area (Å²) in [5.74, 6) is -0.280. The van der Waals surface area contributed by atoms with Crippen LogP contribution in [0.15, 0.2) is 0 Å². The summed E-state index contributed by atoms with van der Waals surface area (Å²) in [7, 11) is 0. The molecule has 13 heavy (non-hydrogen) atoms. The summed E-state index contributed by atoms with van der Waals surface area (Å²) >= 11 is 5.12. The van der Waals surface area contributed by atoms with Gasteiger partial charge in [0, 0.05) is 13.1 Å². The summed E-state index contributed by atoms with van der Waals surface area (Å²) in [6.45, 7) is 3.59. The van der Waals surface area contributed by atoms with E-state index in [0.717, 1.165) is 25.9 Å². The van der Waals surface area contributed by atoms with E-state index in [1.54, 1.807) is 0 Å². The second-order valence-electron chi connectivity index (χ2n) is 3.09. The molecule has 1 heterocycles. The molecule has 1 amide bonds. The van der Waals surface area contributed by atoms with Gasteiger partial charge in [-0.2, -0.15) is 0 Å². The van der Waals surface area contributed by atoms with Gasteiger partial charge in [-0.25, -0.2) is 0 Å². The molecule has 1 unspecified atom stereocenters. The number of likely N-dealkylation sites (tertiary alicyclic amines) is 1. The van der Waals surface area contributed by atoms with Gasteiger partial charge in [-0.1, -0.05) is 0 Å². The van der Waals surface area contributed by atoms with Gasteiger partial charge in [-0.15, -0.1) is 0 Å². The van der Waals surface area contributed by atoms with Gasteiger partial charge >= 0.3 is 0 Å². The number of carbonyl (C=O) groups is 1. The molecule has 1 saturated heterocycles. The minimum atomic E-state index is -0.280. The molecule has 5 heteroatoms. The lowest BCUT2D eigenvalue weighted by Gasteiger charge is -2.24. The molecule has 0 saturated carbocycles. The monoisotopic (exact) mass is 201 g/mol. The van der Waals surface area contributed by atoms with E-state index in [2.05, 4.69) is 5.32 Å². The highest BCUT2D eigenvalue weighted by Gasteiger charge is 2.30. The van der Waals surface area contributed by atoms with Crippen LogP contribution < -0.4 is 11.1 Å². The third-order valence-corrected chi connectivity index (χ3v) is 2.55. The van der Waals surface area contributed by atoms with Crippen molar-refractivity contribution in [3.05, 3.63) is 0 Å². The molecule has 4 nitrogen and oxygen atoms in total. The molecule has 1 aliphatic heterocycles. The highest BCUT2D eigenvalue weighted by molar-refractivity contribution is 7.80. The van der Waals surface area contributed by atoms with Crippen LogP contribution in [0, 0.1) is 0 Å². The summed E-state index contributed by atoms with van der Waals surface area (Å²) < 4.78 is 0. The maximum Gasteiger partial charge on any atom is 0.240 e. The van der Waals surface area contributed by atoms with Gasteiger partial charge < -0.3 is 16.0 Å². The molecule has 3 N–H and O–H groups in total. The van der Waals surface area contributed by atoms with Crippen molar-refractivity contribution in [1.82, 2.24) is 10.2 Å². The van der Waals surface area contributed by atoms with E-state index in [1.165, 1.54) is 0 Å². The number of nitrogens with two attached hydrogens (primary N) is 1. The highest BCUT2D eigenvalue weighted by atomic mass is 32.1. The quantitative estimate of drug-likeness (QED) is 0.609. The van der Waals surface area contributed by atoms with Crippen molar-refractivity contribution in [2.24, 2.45) is 5.73 Å². The van der Waals surface area contributed by atoms with Crippen LogP contribution in [-0.4, -0.2) is 35.1 Å². The second kappa shape index (κ2) is 4.41. The molecular formula is C8H15N3OS.